The van der Waals surface area contributed by atoms with E-state index in [0.29, 0.717) is 5.92 Å². The molecule has 0 N–H and O–H groups in total. The number of nitrogens with zero attached hydrogens (tertiary/aromatic N) is 3. The quantitative estimate of drug-likeness (QED) is 0.302. The maximum atomic E-state index is 5.15. The van der Waals surface area contributed by atoms with Gasteiger partial charge in [0.05, 0.1) is 11.4 Å². The molecule has 0 amide bonds. The fourth-order valence-electron chi connectivity index (χ4n) is 4.36. The van der Waals surface area contributed by atoms with Crippen molar-refractivity contribution in [3.05, 3.63) is 94.6 Å². The Morgan fingerprint density at radius 1 is 0.848 bits per heavy atom. The van der Waals surface area contributed by atoms with Crippen LogP contribution in [-0.4, -0.2) is 10.4 Å². The summed E-state index contributed by atoms with van der Waals surface area (Å²) in [5, 5.41) is 7.33. The van der Waals surface area contributed by atoms with E-state index in [-0.39, 0.29) is 0 Å². The topological polar surface area (TPSA) is 29.6 Å². The van der Waals surface area contributed by atoms with Crippen molar-refractivity contribution in [2.75, 3.05) is 0 Å². The average molecular weight is 452 g/mol. The molecule has 3 aromatic carbocycles. The molecular weight excluding hydrogens is 422 g/mol. The smallest absolute Gasteiger partial charge is 0.211 e. The summed E-state index contributed by atoms with van der Waals surface area (Å²) in [6, 6.07) is 27.6. The molecule has 4 aromatic rings. The van der Waals surface area contributed by atoms with Gasteiger partial charge in [0.2, 0.25) is 4.80 Å². The lowest BCUT2D eigenvalue weighted by molar-refractivity contribution is 0.497. The second-order valence-electron chi connectivity index (χ2n) is 8.97. The highest BCUT2D eigenvalue weighted by atomic mass is 32.1. The van der Waals surface area contributed by atoms with E-state index in [1.54, 1.807) is 11.3 Å². The molecule has 4 heteroatoms. The zero-order valence-electron chi connectivity index (χ0n) is 19.2. The molecule has 1 saturated carbocycles. The van der Waals surface area contributed by atoms with Gasteiger partial charge in [0.25, 0.3) is 0 Å². The van der Waals surface area contributed by atoms with E-state index in [9.17, 15) is 0 Å². The van der Waals surface area contributed by atoms with Crippen LogP contribution in [0.15, 0.2) is 94.3 Å². The fraction of sp³-hybridized carbons (Fsp3) is 0.241. The van der Waals surface area contributed by atoms with Crippen molar-refractivity contribution in [2.45, 2.75) is 39.5 Å². The number of aromatic nitrogens is 1. The van der Waals surface area contributed by atoms with Crippen molar-refractivity contribution in [1.29, 1.82) is 0 Å². The summed E-state index contributed by atoms with van der Waals surface area (Å²) in [6.45, 7) is 4.43. The average Bonchev–Trinajstić information content (AvgIpc) is 3.23. The highest BCUT2D eigenvalue weighted by Gasteiger charge is 2.16. The van der Waals surface area contributed by atoms with E-state index in [1.807, 2.05) is 0 Å². The van der Waals surface area contributed by atoms with Gasteiger partial charge in [-0.3, -0.25) is 0 Å². The van der Waals surface area contributed by atoms with Crippen molar-refractivity contribution >= 4 is 22.7 Å². The molecule has 0 aliphatic heterocycles. The molecule has 1 aromatic heterocycles. The number of thiazole rings is 1. The molecular formula is C29H29N3S. The predicted molar refractivity (Wildman–Crippen MR) is 140 cm³/mol. The second kappa shape index (κ2) is 9.72. The minimum atomic E-state index is 0.697. The van der Waals surface area contributed by atoms with Crippen LogP contribution in [0.2, 0.25) is 0 Å². The molecule has 0 saturated heterocycles. The van der Waals surface area contributed by atoms with Gasteiger partial charge in [0, 0.05) is 16.7 Å². The maximum absolute atomic E-state index is 5.15. The summed E-state index contributed by atoms with van der Waals surface area (Å²) in [5.41, 5.74) is 8.18. The molecule has 1 unspecified atom stereocenters. The van der Waals surface area contributed by atoms with Gasteiger partial charge in [-0.25, -0.2) is 9.67 Å². The Bertz CT molecular complexity index is 1310. The van der Waals surface area contributed by atoms with Gasteiger partial charge in [0.15, 0.2) is 0 Å². The first-order valence-corrected chi connectivity index (χ1v) is 12.6. The normalized spacial score (nSPS) is 18.1. The molecule has 33 heavy (non-hydrogen) atoms. The van der Waals surface area contributed by atoms with Gasteiger partial charge in [-0.1, -0.05) is 79.2 Å². The van der Waals surface area contributed by atoms with Crippen LogP contribution < -0.4 is 4.80 Å². The Hall–Kier alpha value is -3.24. The van der Waals surface area contributed by atoms with Crippen molar-refractivity contribution < 1.29 is 0 Å². The first-order chi connectivity index (χ1) is 16.2. The van der Waals surface area contributed by atoms with Gasteiger partial charge in [0.1, 0.15) is 0 Å². The lowest BCUT2D eigenvalue weighted by atomic mass is 9.89. The monoisotopic (exact) mass is 451 g/mol. The zero-order chi connectivity index (χ0) is 22.6. The van der Waals surface area contributed by atoms with Crippen LogP contribution in [0.25, 0.3) is 22.4 Å². The van der Waals surface area contributed by atoms with Crippen LogP contribution in [0.5, 0.6) is 0 Å². The lowest BCUT2D eigenvalue weighted by Crippen LogP contribution is -2.18. The number of hydrogen-bond donors (Lipinski definition) is 0. The van der Waals surface area contributed by atoms with E-state index in [4.69, 9.17) is 10.1 Å². The van der Waals surface area contributed by atoms with E-state index < -0.39 is 0 Å². The van der Waals surface area contributed by atoms with Crippen molar-refractivity contribution in [3.8, 4) is 22.4 Å². The van der Waals surface area contributed by atoms with Crippen LogP contribution in [0.4, 0.5) is 5.69 Å². The summed E-state index contributed by atoms with van der Waals surface area (Å²) in [6.07, 6.45) is 4.65. The minimum Gasteiger partial charge on any atom is -0.220 e. The van der Waals surface area contributed by atoms with Gasteiger partial charge < -0.3 is 0 Å². The SMILES string of the molecule is Cc1ccc(N=c2scc(-c3ccc(-c4ccccc4)cc3)n2N=C2CCCC(C)C2)cc1. The highest BCUT2D eigenvalue weighted by Crippen LogP contribution is 2.27. The Labute approximate surface area is 199 Å². The summed E-state index contributed by atoms with van der Waals surface area (Å²) >= 11 is 1.65. The molecule has 3 nitrogen and oxygen atoms in total. The molecule has 1 atom stereocenters. The second-order valence-corrected chi connectivity index (χ2v) is 9.81. The van der Waals surface area contributed by atoms with Gasteiger partial charge in [-0.15, -0.1) is 11.3 Å². The van der Waals surface area contributed by atoms with E-state index in [0.717, 1.165) is 34.6 Å². The molecule has 0 bridgehead atoms. The third-order valence-corrected chi connectivity index (χ3v) is 7.04. The number of hydrogen-bond acceptors (Lipinski definition) is 3. The van der Waals surface area contributed by atoms with Crippen LogP contribution in [0.1, 0.15) is 38.2 Å². The van der Waals surface area contributed by atoms with Crippen LogP contribution >= 0.6 is 11.3 Å². The van der Waals surface area contributed by atoms with Crippen LogP contribution in [0, 0.1) is 12.8 Å². The summed E-state index contributed by atoms with van der Waals surface area (Å²) in [5.74, 6) is 0.697. The maximum Gasteiger partial charge on any atom is 0.211 e. The number of rotatable bonds is 4. The molecule has 166 valence electrons. The van der Waals surface area contributed by atoms with Crippen LogP contribution in [0.3, 0.4) is 0 Å². The third kappa shape index (κ3) is 5.07. The Morgan fingerprint density at radius 3 is 2.27 bits per heavy atom. The van der Waals surface area contributed by atoms with Crippen molar-refractivity contribution in [1.82, 2.24) is 4.68 Å². The molecule has 1 aliphatic rings. The summed E-state index contributed by atoms with van der Waals surface area (Å²) in [7, 11) is 0. The largest absolute Gasteiger partial charge is 0.220 e. The molecule has 0 spiro atoms. The van der Waals surface area contributed by atoms with E-state index >= 15 is 0 Å². The zero-order valence-corrected chi connectivity index (χ0v) is 20.1. The molecule has 1 fully saturated rings. The van der Waals surface area contributed by atoms with Gasteiger partial charge >= 0.3 is 0 Å². The number of aryl methyl sites for hydroxylation is 1. The lowest BCUT2D eigenvalue weighted by Gasteiger charge is -2.19. The summed E-state index contributed by atoms with van der Waals surface area (Å²) in [4.78, 5) is 5.86. The van der Waals surface area contributed by atoms with E-state index in [1.165, 1.54) is 35.2 Å². The standard InChI is InChI=1S/C29H29N3S/c1-21-11-17-26(18-12-21)30-29-32(31-27-10-6-7-22(2)19-27)28(20-33-29)25-15-13-24(14-16-25)23-8-4-3-5-9-23/h3-5,8-9,11-18,20,22H,6-7,10,19H2,1-2H3. The molecule has 1 heterocycles. The van der Waals surface area contributed by atoms with Gasteiger partial charge in [-0.05, 0) is 61.8 Å². The predicted octanol–water partition coefficient (Wildman–Crippen LogP) is 7.84. The first kappa shape index (κ1) is 21.6. The van der Waals surface area contributed by atoms with Crippen molar-refractivity contribution in [3.63, 3.8) is 0 Å². The Kier molecular flexibility index (Phi) is 6.36. The minimum absolute atomic E-state index is 0.697. The third-order valence-electron chi connectivity index (χ3n) is 6.22. The van der Waals surface area contributed by atoms with Gasteiger partial charge in [-0.2, -0.15) is 5.10 Å². The Morgan fingerprint density at radius 2 is 1.55 bits per heavy atom. The summed E-state index contributed by atoms with van der Waals surface area (Å²) < 4.78 is 2.06. The first-order valence-electron chi connectivity index (χ1n) is 11.7. The molecule has 5 rings (SSSR count). The van der Waals surface area contributed by atoms with E-state index in [2.05, 4.69) is 103 Å². The molecule has 1 aliphatic carbocycles. The highest BCUT2D eigenvalue weighted by molar-refractivity contribution is 7.07. The Balaban J connectivity index is 1.57. The fourth-order valence-corrected chi connectivity index (χ4v) is 5.21. The molecule has 0 radical (unpaired) electrons. The van der Waals surface area contributed by atoms with Crippen molar-refractivity contribution in [2.24, 2.45) is 16.0 Å². The number of benzene rings is 3. The van der Waals surface area contributed by atoms with Crippen LogP contribution in [-0.2, 0) is 0 Å².